The number of aromatic nitrogens is 1. The van der Waals surface area contributed by atoms with Gasteiger partial charge in [-0.25, -0.2) is 22.5 Å². The lowest BCUT2D eigenvalue weighted by Crippen LogP contribution is -2.54. The van der Waals surface area contributed by atoms with Crippen molar-refractivity contribution < 1.29 is 31.9 Å². The Labute approximate surface area is 248 Å². The Morgan fingerprint density at radius 3 is 2.60 bits per heavy atom. The minimum Gasteiger partial charge on any atom is -0.351 e. The summed E-state index contributed by atoms with van der Waals surface area (Å²) in [5, 5.41) is 11.8. The van der Waals surface area contributed by atoms with Gasteiger partial charge in [0.1, 0.15) is 23.5 Å². The van der Waals surface area contributed by atoms with Crippen molar-refractivity contribution in [3.05, 3.63) is 88.6 Å². The van der Waals surface area contributed by atoms with Crippen molar-refractivity contribution in [1.82, 2.24) is 10.3 Å². The van der Waals surface area contributed by atoms with Crippen LogP contribution in [-0.4, -0.2) is 40.7 Å². The smallest absolute Gasteiger partial charge is 0.252 e. The minimum absolute atomic E-state index is 0.0198. The normalized spacial score (nSPS) is 18.5. The van der Waals surface area contributed by atoms with E-state index < -0.39 is 72.4 Å². The van der Waals surface area contributed by atoms with Gasteiger partial charge in [-0.3, -0.25) is 24.2 Å². The summed E-state index contributed by atoms with van der Waals surface area (Å²) in [4.78, 5) is 46.9. The molecule has 222 valence electrons. The third-order valence-corrected chi connectivity index (χ3v) is 7.78. The molecule has 5 rings (SSSR count). The lowest BCUT2D eigenvalue weighted by Gasteiger charge is -2.38. The molecule has 1 N–H and O–H groups in total. The number of carbonyl (C=O) groups excluding carboxylic acids is 3. The number of amides is 3. The highest BCUT2D eigenvalue weighted by Crippen LogP contribution is 2.40. The van der Waals surface area contributed by atoms with Gasteiger partial charge in [0.25, 0.3) is 5.92 Å². The molecule has 0 radical (unpaired) electrons. The molecule has 2 fully saturated rings. The summed E-state index contributed by atoms with van der Waals surface area (Å²) in [6, 6.07) is 9.71. The number of halogens is 5. The molecule has 8 nitrogen and oxygen atoms in total. The Morgan fingerprint density at radius 1 is 1.16 bits per heavy atom. The first-order chi connectivity index (χ1) is 20.5. The standard InChI is InChI=1S/C30H24ClF4N5O3/c31-22-4-2-1-3-21(22)28(29(43)38-19-14-30(34,35)15-19)40(24-12-18(32)5-7-23(24)33)27(42)13-20-6-8-26(41)39(20)25-11-17(16-36)9-10-37-25/h1-5,7,9-12,19-20,28H,6,8,13-15H2,(H,38,43)/t20-,28-/m0/s1. The van der Waals surface area contributed by atoms with E-state index in [0.29, 0.717) is 0 Å². The maximum absolute atomic E-state index is 15.3. The lowest BCUT2D eigenvalue weighted by atomic mass is 9.87. The Bertz CT molecular complexity index is 1620. The zero-order valence-corrected chi connectivity index (χ0v) is 23.2. The second-order valence-corrected chi connectivity index (χ2v) is 10.8. The summed E-state index contributed by atoms with van der Waals surface area (Å²) < 4.78 is 57.0. The van der Waals surface area contributed by atoms with Crippen molar-refractivity contribution in [2.45, 2.75) is 56.2 Å². The van der Waals surface area contributed by atoms with Crippen LogP contribution in [0.25, 0.3) is 0 Å². The minimum atomic E-state index is -2.96. The average Bonchev–Trinajstić information content (AvgIpc) is 3.32. The molecule has 3 aromatic rings. The van der Waals surface area contributed by atoms with Gasteiger partial charge in [-0.1, -0.05) is 29.8 Å². The monoisotopic (exact) mass is 613 g/mol. The predicted octanol–water partition coefficient (Wildman–Crippen LogP) is 5.46. The van der Waals surface area contributed by atoms with Crippen LogP contribution in [-0.2, 0) is 14.4 Å². The number of nitrogens with one attached hydrogen (secondary N) is 1. The molecule has 43 heavy (non-hydrogen) atoms. The van der Waals surface area contributed by atoms with Crippen LogP contribution in [0.2, 0.25) is 5.02 Å². The number of carbonyl (C=O) groups is 3. The highest BCUT2D eigenvalue weighted by Gasteiger charge is 2.47. The summed E-state index contributed by atoms with van der Waals surface area (Å²) in [7, 11) is 0. The topological polar surface area (TPSA) is 106 Å². The van der Waals surface area contributed by atoms with Gasteiger partial charge >= 0.3 is 0 Å². The van der Waals surface area contributed by atoms with Gasteiger partial charge in [-0.2, -0.15) is 5.26 Å². The average molecular weight is 614 g/mol. The fraction of sp³-hybridized carbons (Fsp3) is 0.300. The molecule has 1 saturated heterocycles. The number of nitrogens with zero attached hydrogens (tertiary/aromatic N) is 4. The molecule has 2 heterocycles. The van der Waals surface area contributed by atoms with E-state index in [1.54, 1.807) is 6.07 Å². The van der Waals surface area contributed by atoms with Crippen LogP contribution in [0.1, 0.15) is 49.3 Å². The second kappa shape index (κ2) is 12.0. The van der Waals surface area contributed by atoms with E-state index in [4.69, 9.17) is 11.6 Å². The molecule has 1 aliphatic carbocycles. The second-order valence-electron chi connectivity index (χ2n) is 10.4. The van der Waals surface area contributed by atoms with E-state index in [9.17, 15) is 32.8 Å². The van der Waals surface area contributed by atoms with Crippen LogP contribution in [0.15, 0.2) is 60.8 Å². The van der Waals surface area contributed by atoms with Gasteiger partial charge in [0, 0.05) is 60.6 Å². The molecule has 2 atom stereocenters. The molecule has 2 aliphatic rings. The van der Waals surface area contributed by atoms with Gasteiger partial charge < -0.3 is 5.32 Å². The molecule has 1 aromatic heterocycles. The zero-order valence-electron chi connectivity index (χ0n) is 22.4. The number of benzene rings is 2. The Morgan fingerprint density at radius 2 is 1.91 bits per heavy atom. The van der Waals surface area contributed by atoms with Crippen LogP contribution in [0.3, 0.4) is 0 Å². The number of hydrogen-bond acceptors (Lipinski definition) is 5. The lowest BCUT2D eigenvalue weighted by molar-refractivity contribution is -0.133. The molecular weight excluding hydrogens is 590 g/mol. The Kier molecular flexibility index (Phi) is 8.37. The summed E-state index contributed by atoms with van der Waals surface area (Å²) in [5.41, 5.74) is -0.299. The number of rotatable bonds is 8. The third-order valence-electron chi connectivity index (χ3n) is 7.44. The van der Waals surface area contributed by atoms with E-state index >= 15 is 4.39 Å². The third kappa shape index (κ3) is 6.32. The fourth-order valence-corrected chi connectivity index (χ4v) is 5.64. The molecule has 2 aromatic carbocycles. The molecule has 1 saturated carbocycles. The quantitative estimate of drug-likeness (QED) is 0.340. The fourth-order valence-electron chi connectivity index (χ4n) is 5.40. The number of pyridine rings is 1. The number of hydrogen-bond donors (Lipinski definition) is 1. The first-order valence-electron chi connectivity index (χ1n) is 13.4. The maximum Gasteiger partial charge on any atom is 0.252 e. The van der Waals surface area contributed by atoms with E-state index in [0.717, 1.165) is 23.1 Å². The van der Waals surface area contributed by atoms with E-state index in [1.165, 1.54) is 41.4 Å². The van der Waals surface area contributed by atoms with Crippen LogP contribution < -0.4 is 15.1 Å². The summed E-state index contributed by atoms with van der Waals surface area (Å²) >= 11 is 6.43. The Hall–Kier alpha value is -4.50. The highest BCUT2D eigenvalue weighted by atomic mass is 35.5. The number of anilines is 2. The molecule has 13 heteroatoms. The molecule has 0 spiro atoms. The molecule has 0 bridgehead atoms. The van der Waals surface area contributed by atoms with Gasteiger partial charge in [0.05, 0.1) is 17.3 Å². The van der Waals surface area contributed by atoms with Crippen LogP contribution in [0.5, 0.6) is 0 Å². The Balaban J connectivity index is 1.56. The van der Waals surface area contributed by atoms with Crippen LogP contribution >= 0.6 is 11.6 Å². The van der Waals surface area contributed by atoms with Crippen LogP contribution in [0, 0.1) is 23.0 Å². The first kappa shape index (κ1) is 30.0. The van der Waals surface area contributed by atoms with E-state index in [2.05, 4.69) is 10.3 Å². The summed E-state index contributed by atoms with van der Waals surface area (Å²) in [6.07, 6.45) is -0.101. The maximum atomic E-state index is 15.3. The van der Waals surface area contributed by atoms with Crippen molar-refractivity contribution in [1.29, 1.82) is 5.26 Å². The first-order valence-corrected chi connectivity index (χ1v) is 13.7. The highest BCUT2D eigenvalue weighted by molar-refractivity contribution is 6.31. The van der Waals surface area contributed by atoms with Gasteiger partial charge in [-0.05, 0) is 36.8 Å². The van der Waals surface area contributed by atoms with Gasteiger partial charge in [-0.15, -0.1) is 0 Å². The van der Waals surface area contributed by atoms with Crippen LogP contribution in [0.4, 0.5) is 29.1 Å². The van der Waals surface area contributed by atoms with Gasteiger partial charge in [0.15, 0.2) is 0 Å². The molecular formula is C30H24ClF4N5O3. The van der Waals surface area contributed by atoms with Crippen molar-refractivity contribution >= 4 is 40.8 Å². The van der Waals surface area contributed by atoms with Crippen molar-refractivity contribution in [2.24, 2.45) is 0 Å². The largest absolute Gasteiger partial charge is 0.351 e. The van der Waals surface area contributed by atoms with Crippen molar-refractivity contribution in [3.63, 3.8) is 0 Å². The summed E-state index contributed by atoms with van der Waals surface area (Å²) in [6.45, 7) is 0. The number of nitriles is 1. The number of alkyl halides is 2. The van der Waals surface area contributed by atoms with E-state index in [-0.39, 0.29) is 40.7 Å². The molecule has 1 aliphatic heterocycles. The predicted molar refractivity (Wildman–Crippen MR) is 148 cm³/mol. The molecule has 0 unspecified atom stereocenters. The van der Waals surface area contributed by atoms with Crippen molar-refractivity contribution in [3.8, 4) is 6.07 Å². The van der Waals surface area contributed by atoms with E-state index in [1.807, 2.05) is 6.07 Å². The molecule has 3 amide bonds. The summed E-state index contributed by atoms with van der Waals surface area (Å²) in [5.74, 6) is -6.92. The SMILES string of the molecule is N#Cc1ccnc(N2C(=O)CC[C@H]2CC(=O)N(c2cc(F)ccc2F)[C@H](C(=O)NC2CC(F)(F)C2)c2ccccc2Cl)c1. The van der Waals surface area contributed by atoms with Gasteiger partial charge in [0.2, 0.25) is 17.7 Å². The zero-order chi connectivity index (χ0) is 30.9. The van der Waals surface area contributed by atoms with Crippen molar-refractivity contribution in [2.75, 3.05) is 9.80 Å².